The van der Waals surface area contributed by atoms with E-state index < -0.39 is 0 Å². The van der Waals surface area contributed by atoms with Gasteiger partial charge in [0, 0.05) is 19.7 Å². The van der Waals surface area contributed by atoms with Crippen LogP contribution in [-0.4, -0.2) is 40.4 Å². The van der Waals surface area contributed by atoms with Crippen molar-refractivity contribution in [2.24, 2.45) is 11.8 Å². The number of carbonyl (C=O) groups is 1. The Morgan fingerprint density at radius 1 is 1.18 bits per heavy atom. The SMILES string of the molecule is O=C1C(Br)CCCN1CC1CCCCC1CO. The Morgan fingerprint density at radius 3 is 2.59 bits per heavy atom. The maximum absolute atomic E-state index is 12.0. The van der Waals surface area contributed by atoms with Gasteiger partial charge in [-0.3, -0.25) is 4.79 Å². The number of alkyl halides is 1. The van der Waals surface area contributed by atoms with Crippen molar-refractivity contribution in [1.29, 1.82) is 0 Å². The molecule has 1 heterocycles. The van der Waals surface area contributed by atoms with E-state index in [2.05, 4.69) is 15.9 Å². The molecule has 3 unspecified atom stereocenters. The summed E-state index contributed by atoms with van der Waals surface area (Å²) in [6.07, 6.45) is 6.84. The number of nitrogens with zero attached hydrogens (tertiary/aromatic N) is 1. The first-order valence-corrected chi connectivity index (χ1v) is 7.67. The Morgan fingerprint density at radius 2 is 1.88 bits per heavy atom. The van der Waals surface area contributed by atoms with Crippen molar-refractivity contribution >= 4 is 21.8 Å². The number of halogens is 1. The number of hydrogen-bond acceptors (Lipinski definition) is 2. The predicted molar refractivity (Wildman–Crippen MR) is 71.1 cm³/mol. The Bertz CT molecular complexity index is 272. The molecule has 1 saturated carbocycles. The van der Waals surface area contributed by atoms with Crippen molar-refractivity contribution in [3.63, 3.8) is 0 Å². The van der Waals surface area contributed by atoms with E-state index in [-0.39, 0.29) is 17.3 Å². The summed E-state index contributed by atoms with van der Waals surface area (Å²) in [5.41, 5.74) is 0. The monoisotopic (exact) mass is 303 g/mol. The molecule has 2 fully saturated rings. The molecule has 1 aliphatic heterocycles. The van der Waals surface area contributed by atoms with Crippen LogP contribution in [0.5, 0.6) is 0 Å². The third kappa shape index (κ3) is 3.22. The van der Waals surface area contributed by atoms with E-state index in [1.807, 2.05) is 4.90 Å². The van der Waals surface area contributed by atoms with Crippen LogP contribution in [-0.2, 0) is 4.79 Å². The van der Waals surface area contributed by atoms with Crippen molar-refractivity contribution in [1.82, 2.24) is 4.90 Å². The van der Waals surface area contributed by atoms with Crippen LogP contribution in [0.3, 0.4) is 0 Å². The summed E-state index contributed by atoms with van der Waals surface area (Å²) in [6.45, 7) is 2.03. The first-order valence-electron chi connectivity index (χ1n) is 6.76. The van der Waals surface area contributed by atoms with Crippen LogP contribution < -0.4 is 0 Å². The maximum atomic E-state index is 12.0. The van der Waals surface area contributed by atoms with Crippen molar-refractivity contribution in [2.45, 2.75) is 43.4 Å². The van der Waals surface area contributed by atoms with Gasteiger partial charge in [-0.1, -0.05) is 28.8 Å². The molecule has 1 amide bonds. The molecule has 0 bridgehead atoms. The van der Waals surface area contributed by atoms with Gasteiger partial charge in [-0.05, 0) is 37.5 Å². The van der Waals surface area contributed by atoms with Crippen LogP contribution >= 0.6 is 15.9 Å². The molecule has 0 radical (unpaired) electrons. The average molecular weight is 304 g/mol. The standard InChI is InChI=1S/C13H22BrNO2/c14-12-6-3-7-15(13(12)17)8-10-4-1-2-5-11(10)9-16/h10-12,16H,1-9H2. The number of likely N-dealkylation sites (tertiary alicyclic amines) is 1. The van der Waals surface area contributed by atoms with Gasteiger partial charge in [0.05, 0.1) is 4.83 Å². The Kier molecular flexibility index (Phi) is 4.86. The summed E-state index contributed by atoms with van der Waals surface area (Å²) < 4.78 is 0. The molecule has 2 rings (SSSR count). The fourth-order valence-electron chi connectivity index (χ4n) is 3.12. The fraction of sp³-hybridized carbons (Fsp3) is 0.923. The largest absolute Gasteiger partial charge is 0.396 e. The third-order valence-electron chi connectivity index (χ3n) is 4.22. The summed E-state index contributed by atoms with van der Waals surface area (Å²) in [5.74, 6) is 1.17. The van der Waals surface area contributed by atoms with Gasteiger partial charge in [0.2, 0.25) is 5.91 Å². The zero-order valence-electron chi connectivity index (χ0n) is 10.3. The molecule has 2 aliphatic rings. The van der Waals surface area contributed by atoms with Crippen LogP contribution in [0.1, 0.15) is 38.5 Å². The van der Waals surface area contributed by atoms with Crippen LogP contribution in [0, 0.1) is 11.8 Å². The minimum Gasteiger partial charge on any atom is -0.396 e. The second-order valence-corrected chi connectivity index (χ2v) is 6.49. The first kappa shape index (κ1) is 13.3. The molecule has 0 aromatic heterocycles. The number of amides is 1. The highest BCUT2D eigenvalue weighted by Gasteiger charge is 2.31. The normalized spacial score (nSPS) is 35.1. The number of piperidine rings is 1. The molecule has 0 spiro atoms. The van der Waals surface area contributed by atoms with E-state index in [0.29, 0.717) is 11.8 Å². The van der Waals surface area contributed by atoms with Crippen LogP contribution in [0.25, 0.3) is 0 Å². The highest BCUT2D eigenvalue weighted by Crippen LogP contribution is 2.31. The highest BCUT2D eigenvalue weighted by molar-refractivity contribution is 9.10. The molecule has 0 aromatic rings. The lowest BCUT2D eigenvalue weighted by atomic mass is 9.79. The average Bonchev–Trinajstić information content (AvgIpc) is 2.35. The summed E-state index contributed by atoms with van der Waals surface area (Å²) in [5, 5.41) is 9.40. The minimum atomic E-state index is 0.0208. The maximum Gasteiger partial charge on any atom is 0.236 e. The molecule has 0 aromatic carbocycles. The lowest BCUT2D eigenvalue weighted by molar-refractivity contribution is -0.133. The van der Waals surface area contributed by atoms with E-state index >= 15 is 0 Å². The van der Waals surface area contributed by atoms with Gasteiger partial charge in [-0.15, -0.1) is 0 Å². The molecule has 1 saturated heterocycles. The zero-order valence-corrected chi connectivity index (χ0v) is 11.9. The molecule has 4 heteroatoms. The number of rotatable bonds is 3. The highest BCUT2D eigenvalue weighted by atomic mass is 79.9. The van der Waals surface area contributed by atoms with Gasteiger partial charge in [0.25, 0.3) is 0 Å². The van der Waals surface area contributed by atoms with Gasteiger partial charge in [-0.25, -0.2) is 0 Å². The van der Waals surface area contributed by atoms with Gasteiger partial charge in [0.1, 0.15) is 0 Å². The first-order chi connectivity index (χ1) is 8.22. The summed E-state index contributed by atoms with van der Waals surface area (Å²) in [7, 11) is 0. The van der Waals surface area contributed by atoms with Gasteiger partial charge >= 0.3 is 0 Å². The topological polar surface area (TPSA) is 40.5 Å². The van der Waals surface area contributed by atoms with E-state index in [1.165, 1.54) is 19.3 Å². The minimum absolute atomic E-state index is 0.0208. The molecule has 98 valence electrons. The summed E-state index contributed by atoms with van der Waals surface area (Å²) >= 11 is 3.45. The Balaban J connectivity index is 1.92. The molecular weight excluding hydrogens is 282 g/mol. The summed E-state index contributed by atoms with van der Waals surface area (Å²) in [4.78, 5) is 14.0. The number of aliphatic hydroxyl groups is 1. The Hall–Kier alpha value is -0.0900. The van der Waals surface area contributed by atoms with Gasteiger partial charge in [-0.2, -0.15) is 0 Å². The van der Waals surface area contributed by atoms with E-state index in [4.69, 9.17) is 0 Å². The van der Waals surface area contributed by atoms with Crippen molar-refractivity contribution < 1.29 is 9.90 Å². The van der Waals surface area contributed by atoms with Gasteiger partial charge < -0.3 is 10.0 Å². The molecule has 3 nitrogen and oxygen atoms in total. The van der Waals surface area contributed by atoms with E-state index in [9.17, 15) is 9.90 Å². The van der Waals surface area contributed by atoms with Crippen LogP contribution in [0.4, 0.5) is 0 Å². The van der Waals surface area contributed by atoms with Crippen LogP contribution in [0.2, 0.25) is 0 Å². The van der Waals surface area contributed by atoms with Gasteiger partial charge in [0.15, 0.2) is 0 Å². The number of carbonyl (C=O) groups excluding carboxylic acids is 1. The Labute approximate surface area is 112 Å². The lowest BCUT2D eigenvalue weighted by Crippen LogP contribution is -2.45. The molecule has 3 atom stereocenters. The zero-order chi connectivity index (χ0) is 12.3. The lowest BCUT2D eigenvalue weighted by Gasteiger charge is -2.37. The number of hydrogen-bond donors (Lipinski definition) is 1. The predicted octanol–water partition coefficient (Wildman–Crippen LogP) is 2.17. The molecule has 1 aliphatic carbocycles. The van der Waals surface area contributed by atoms with Crippen LogP contribution in [0.15, 0.2) is 0 Å². The van der Waals surface area contributed by atoms with E-state index in [1.54, 1.807) is 0 Å². The number of aliphatic hydroxyl groups excluding tert-OH is 1. The van der Waals surface area contributed by atoms with Crippen molar-refractivity contribution in [3.8, 4) is 0 Å². The fourth-order valence-corrected chi connectivity index (χ4v) is 3.74. The molecular formula is C13H22BrNO2. The second-order valence-electron chi connectivity index (χ2n) is 5.38. The summed E-state index contributed by atoms with van der Waals surface area (Å²) in [6, 6.07) is 0. The molecule has 17 heavy (non-hydrogen) atoms. The molecule has 1 N–H and O–H groups in total. The van der Waals surface area contributed by atoms with Crippen molar-refractivity contribution in [2.75, 3.05) is 19.7 Å². The second kappa shape index (κ2) is 6.19. The van der Waals surface area contributed by atoms with Crippen molar-refractivity contribution in [3.05, 3.63) is 0 Å². The smallest absolute Gasteiger partial charge is 0.236 e. The quantitative estimate of drug-likeness (QED) is 0.812. The van der Waals surface area contributed by atoms with E-state index in [0.717, 1.165) is 32.4 Å². The third-order valence-corrected chi connectivity index (χ3v) is 5.07.